The summed E-state index contributed by atoms with van der Waals surface area (Å²) in [7, 11) is 0. The molecule has 3 aliphatic rings. The van der Waals surface area contributed by atoms with Crippen LogP contribution in [0.3, 0.4) is 0 Å². The first-order valence-corrected chi connectivity index (χ1v) is 9.57. The Balaban J connectivity index is 1.49. The highest BCUT2D eigenvalue weighted by atomic mass is 16.5. The lowest BCUT2D eigenvalue weighted by atomic mass is 9.99. The van der Waals surface area contributed by atoms with Crippen LogP contribution in [0.5, 0.6) is 11.5 Å². The molecule has 0 fully saturated rings. The molecule has 0 saturated carbocycles. The Kier molecular flexibility index (Phi) is 4.65. The highest BCUT2D eigenvalue weighted by molar-refractivity contribution is 5.76. The van der Waals surface area contributed by atoms with Gasteiger partial charge in [-0.15, -0.1) is 0 Å². The molecule has 0 saturated heterocycles. The van der Waals surface area contributed by atoms with Crippen molar-refractivity contribution in [1.82, 2.24) is 0 Å². The average Bonchev–Trinajstić information content (AvgIpc) is 3.21. The van der Waals surface area contributed by atoms with E-state index in [9.17, 15) is 0 Å². The van der Waals surface area contributed by atoms with Gasteiger partial charge in [0.1, 0.15) is 12.4 Å². The van der Waals surface area contributed by atoms with Gasteiger partial charge in [-0.25, -0.2) is 0 Å². The van der Waals surface area contributed by atoms with E-state index < -0.39 is 0 Å². The molecule has 27 heavy (non-hydrogen) atoms. The van der Waals surface area contributed by atoms with Gasteiger partial charge in [0.25, 0.3) is 0 Å². The van der Waals surface area contributed by atoms with Crippen molar-refractivity contribution in [2.45, 2.75) is 33.1 Å². The second kappa shape index (κ2) is 7.11. The number of rotatable bonds is 5. The van der Waals surface area contributed by atoms with Gasteiger partial charge in [-0.1, -0.05) is 48.1 Å². The molecule has 1 aromatic rings. The van der Waals surface area contributed by atoms with Gasteiger partial charge in [0, 0.05) is 11.1 Å². The lowest BCUT2D eigenvalue weighted by Crippen LogP contribution is -2.06. The van der Waals surface area contributed by atoms with Crippen molar-refractivity contribution >= 4 is 12.2 Å². The molecule has 0 radical (unpaired) electrons. The summed E-state index contributed by atoms with van der Waals surface area (Å²) in [6, 6.07) is 2.16. The Morgan fingerprint density at radius 3 is 2.89 bits per heavy atom. The molecular weight excluding hydrogens is 332 g/mol. The third-order valence-electron chi connectivity index (χ3n) is 5.50. The van der Waals surface area contributed by atoms with Crippen molar-refractivity contribution in [2.75, 3.05) is 6.61 Å². The van der Waals surface area contributed by atoms with E-state index in [0.717, 1.165) is 36.3 Å². The van der Waals surface area contributed by atoms with E-state index in [0.29, 0.717) is 18.3 Å². The average molecular weight is 358 g/mol. The Morgan fingerprint density at radius 2 is 2.11 bits per heavy atom. The molecule has 0 spiro atoms. The number of ether oxygens (including phenoxy) is 2. The predicted octanol–water partition coefficient (Wildman–Crippen LogP) is 6.41. The van der Waals surface area contributed by atoms with Crippen LogP contribution in [-0.2, 0) is 6.42 Å². The summed E-state index contributed by atoms with van der Waals surface area (Å²) in [6.45, 7) is 12.9. The lowest BCUT2D eigenvalue weighted by molar-refractivity contribution is 0.329. The molecule has 0 aromatic heterocycles. The third kappa shape index (κ3) is 3.57. The molecule has 2 nitrogen and oxygen atoms in total. The van der Waals surface area contributed by atoms with Crippen LogP contribution in [-0.4, -0.2) is 6.61 Å². The van der Waals surface area contributed by atoms with E-state index in [-0.39, 0.29) is 0 Å². The third-order valence-corrected chi connectivity index (χ3v) is 5.50. The SMILES string of the molecule is C=C1C=Cc2cc3c(c(OC/C=C(/C)CC4C=C(C)C(=C)C4)c2O1)CC=C3. The summed E-state index contributed by atoms with van der Waals surface area (Å²) in [5.74, 6) is 2.87. The normalized spacial score (nSPS) is 20.4. The molecular formula is C25H26O2. The fourth-order valence-corrected chi connectivity index (χ4v) is 4.02. The van der Waals surface area contributed by atoms with E-state index in [2.05, 4.69) is 57.4 Å². The first kappa shape index (κ1) is 17.7. The van der Waals surface area contributed by atoms with Gasteiger partial charge >= 0.3 is 0 Å². The summed E-state index contributed by atoms with van der Waals surface area (Å²) in [5.41, 5.74) is 7.43. The summed E-state index contributed by atoms with van der Waals surface area (Å²) < 4.78 is 12.1. The number of fused-ring (bicyclic) bond motifs is 2. The van der Waals surface area contributed by atoms with Crippen molar-refractivity contribution < 1.29 is 9.47 Å². The smallest absolute Gasteiger partial charge is 0.176 e. The molecule has 1 aliphatic heterocycles. The maximum Gasteiger partial charge on any atom is 0.176 e. The zero-order valence-electron chi connectivity index (χ0n) is 16.2. The topological polar surface area (TPSA) is 18.5 Å². The molecule has 1 atom stereocenters. The van der Waals surface area contributed by atoms with E-state index in [1.165, 1.54) is 27.8 Å². The van der Waals surface area contributed by atoms with Crippen LogP contribution in [0, 0.1) is 5.92 Å². The van der Waals surface area contributed by atoms with Gasteiger partial charge in [-0.05, 0) is 68.9 Å². The van der Waals surface area contributed by atoms with E-state index >= 15 is 0 Å². The zero-order chi connectivity index (χ0) is 19.0. The molecule has 0 N–H and O–H groups in total. The van der Waals surface area contributed by atoms with Crippen LogP contribution < -0.4 is 9.47 Å². The van der Waals surface area contributed by atoms with Gasteiger partial charge in [0.2, 0.25) is 0 Å². The monoisotopic (exact) mass is 358 g/mol. The maximum atomic E-state index is 6.22. The molecule has 0 bridgehead atoms. The molecule has 138 valence electrons. The molecule has 1 heterocycles. The van der Waals surface area contributed by atoms with E-state index in [4.69, 9.17) is 9.47 Å². The summed E-state index contributed by atoms with van der Waals surface area (Å²) >= 11 is 0. The molecule has 1 aromatic carbocycles. The second-order valence-corrected chi connectivity index (χ2v) is 7.68. The number of hydrogen-bond acceptors (Lipinski definition) is 2. The predicted molar refractivity (Wildman–Crippen MR) is 113 cm³/mol. The Bertz CT molecular complexity index is 938. The van der Waals surface area contributed by atoms with Gasteiger partial charge in [0.05, 0.1) is 0 Å². The Labute approximate surface area is 161 Å². The van der Waals surface area contributed by atoms with Crippen molar-refractivity contribution in [2.24, 2.45) is 5.92 Å². The highest BCUT2D eigenvalue weighted by Gasteiger charge is 2.23. The van der Waals surface area contributed by atoms with E-state index in [1.807, 2.05) is 12.2 Å². The number of hydrogen-bond donors (Lipinski definition) is 0. The standard InChI is InChI=1S/C25H26O2/c1-16(12-20-13-17(2)18(3)14-20)10-11-26-25-23-7-5-6-21(23)15-22-9-8-19(4)27-24(22)25/h5-6,8-10,14-15,20H,2,4,7,11-13H2,1,3H3/b16-10-. The summed E-state index contributed by atoms with van der Waals surface area (Å²) in [6.07, 6.45) is 15.8. The van der Waals surface area contributed by atoms with Gasteiger partial charge in [0.15, 0.2) is 11.5 Å². The first-order chi connectivity index (χ1) is 13.0. The van der Waals surface area contributed by atoms with Crippen molar-refractivity contribution in [1.29, 1.82) is 0 Å². The largest absolute Gasteiger partial charge is 0.485 e. The second-order valence-electron chi connectivity index (χ2n) is 7.68. The molecule has 0 amide bonds. The maximum absolute atomic E-state index is 6.22. The highest BCUT2D eigenvalue weighted by Crippen LogP contribution is 2.43. The fraction of sp³-hybridized carbons (Fsp3) is 0.280. The van der Waals surface area contributed by atoms with Crippen LogP contribution in [0.15, 0.2) is 66.0 Å². The Hall–Kier alpha value is -2.74. The van der Waals surface area contributed by atoms with Crippen molar-refractivity contribution in [3.8, 4) is 11.5 Å². The fourth-order valence-electron chi connectivity index (χ4n) is 4.02. The summed E-state index contributed by atoms with van der Waals surface area (Å²) in [4.78, 5) is 0. The van der Waals surface area contributed by atoms with Crippen LogP contribution in [0.2, 0.25) is 0 Å². The minimum absolute atomic E-state index is 0.546. The number of benzene rings is 1. The minimum atomic E-state index is 0.546. The van der Waals surface area contributed by atoms with Crippen LogP contribution >= 0.6 is 0 Å². The van der Waals surface area contributed by atoms with Crippen LogP contribution in [0.1, 0.15) is 43.4 Å². The van der Waals surface area contributed by atoms with Crippen LogP contribution in [0.4, 0.5) is 0 Å². The summed E-state index contributed by atoms with van der Waals surface area (Å²) in [5, 5.41) is 0. The van der Waals surface area contributed by atoms with Crippen molar-refractivity contribution in [3.63, 3.8) is 0 Å². The van der Waals surface area contributed by atoms with Gasteiger partial charge < -0.3 is 9.47 Å². The molecule has 4 rings (SSSR count). The van der Waals surface area contributed by atoms with Gasteiger partial charge in [-0.2, -0.15) is 0 Å². The lowest BCUT2D eigenvalue weighted by Gasteiger charge is -2.21. The van der Waals surface area contributed by atoms with E-state index in [1.54, 1.807) is 0 Å². The van der Waals surface area contributed by atoms with Gasteiger partial charge in [-0.3, -0.25) is 0 Å². The molecule has 1 unspecified atom stereocenters. The minimum Gasteiger partial charge on any atom is -0.485 e. The first-order valence-electron chi connectivity index (χ1n) is 9.57. The quantitative estimate of drug-likeness (QED) is 0.566. The molecule has 2 heteroatoms. The molecule has 2 aliphatic carbocycles. The number of allylic oxidation sites excluding steroid dienone is 6. The zero-order valence-corrected chi connectivity index (χ0v) is 16.2. The van der Waals surface area contributed by atoms with Crippen LogP contribution in [0.25, 0.3) is 12.2 Å². The Morgan fingerprint density at radius 1 is 1.26 bits per heavy atom. The van der Waals surface area contributed by atoms with Crippen molar-refractivity contribution in [3.05, 3.63) is 82.7 Å².